The van der Waals surface area contributed by atoms with Crippen molar-refractivity contribution in [3.8, 4) is 11.3 Å². The number of para-hydroxylation sites is 1. The third kappa shape index (κ3) is 2.33. The van der Waals surface area contributed by atoms with Gasteiger partial charge in [-0.1, -0.05) is 57.2 Å². The first-order chi connectivity index (χ1) is 10.4. The second-order valence-corrected chi connectivity index (χ2v) is 6.52. The van der Waals surface area contributed by atoms with Crippen molar-refractivity contribution >= 4 is 17.2 Å². The molecule has 3 rings (SSSR count). The lowest BCUT2D eigenvalue weighted by Crippen LogP contribution is -2.10. The van der Waals surface area contributed by atoms with Crippen LogP contribution in [0, 0.1) is 5.82 Å². The summed E-state index contributed by atoms with van der Waals surface area (Å²) in [6.07, 6.45) is 0.783. The van der Waals surface area contributed by atoms with Gasteiger partial charge in [0.05, 0.1) is 11.2 Å². The molecule has 0 spiro atoms. The third-order valence-corrected chi connectivity index (χ3v) is 3.98. The van der Waals surface area contributed by atoms with Crippen LogP contribution >= 0.6 is 0 Å². The molecule has 0 atom stereocenters. The maximum Gasteiger partial charge on any atom is 0.152 e. The molecule has 0 aliphatic rings. The molecule has 0 saturated carbocycles. The van der Waals surface area contributed by atoms with Crippen LogP contribution in [0.3, 0.4) is 0 Å². The standard InChI is InChI=1S/C19H18FNO/c1-19(2,3)13-9-7-12(8-10-13)17-15(11-22)14-5-4-6-16(20)18(14)21-17/h4-11,21H,1-3H3. The molecule has 3 heteroatoms. The molecule has 112 valence electrons. The zero-order valence-electron chi connectivity index (χ0n) is 12.9. The molecule has 0 aliphatic carbocycles. The molecule has 0 fully saturated rings. The predicted molar refractivity (Wildman–Crippen MR) is 87.8 cm³/mol. The van der Waals surface area contributed by atoms with E-state index in [1.165, 1.54) is 11.6 Å². The van der Waals surface area contributed by atoms with Gasteiger partial charge in [0.15, 0.2) is 6.29 Å². The van der Waals surface area contributed by atoms with Crippen molar-refractivity contribution in [3.05, 3.63) is 59.4 Å². The van der Waals surface area contributed by atoms with Gasteiger partial charge in [0.1, 0.15) is 5.82 Å². The van der Waals surface area contributed by atoms with E-state index in [2.05, 4.69) is 25.8 Å². The van der Waals surface area contributed by atoms with Gasteiger partial charge < -0.3 is 4.98 Å². The molecule has 0 radical (unpaired) electrons. The Labute approximate surface area is 129 Å². The second kappa shape index (κ2) is 5.09. The monoisotopic (exact) mass is 295 g/mol. The van der Waals surface area contributed by atoms with E-state index < -0.39 is 0 Å². The smallest absolute Gasteiger partial charge is 0.152 e. The molecular formula is C19H18FNO. The molecule has 0 bridgehead atoms. The Bertz CT molecular complexity index is 838. The molecule has 3 aromatic rings. The largest absolute Gasteiger partial charge is 0.352 e. The van der Waals surface area contributed by atoms with E-state index in [1.54, 1.807) is 12.1 Å². The van der Waals surface area contributed by atoms with Gasteiger partial charge in [0.2, 0.25) is 0 Å². The van der Waals surface area contributed by atoms with E-state index in [4.69, 9.17) is 0 Å². The van der Waals surface area contributed by atoms with E-state index in [1.807, 2.05) is 24.3 Å². The number of halogens is 1. The summed E-state index contributed by atoms with van der Waals surface area (Å²) in [5.74, 6) is -0.349. The molecule has 1 heterocycles. The zero-order valence-corrected chi connectivity index (χ0v) is 12.9. The van der Waals surface area contributed by atoms with Crippen molar-refractivity contribution in [3.63, 3.8) is 0 Å². The van der Waals surface area contributed by atoms with Crippen molar-refractivity contribution < 1.29 is 9.18 Å². The average Bonchev–Trinajstić information content (AvgIpc) is 2.86. The van der Waals surface area contributed by atoms with Crippen LogP contribution < -0.4 is 0 Å². The highest BCUT2D eigenvalue weighted by molar-refractivity contribution is 6.04. The highest BCUT2D eigenvalue weighted by Crippen LogP contribution is 2.32. The molecule has 1 N–H and O–H groups in total. The van der Waals surface area contributed by atoms with Gasteiger partial charge in [-0.2, -0.15) is 0 Å². The minimum absolute atomic E-state index is 0.0680. The Morgan fingerprint density at radius 2 is 1.73 bits per heavy atom. The summed E-state index contributed by atoms with van der Waals surface area (Å²) in [5.41, 5.74) is 3.70. The lowest BCUT2D eigenvalue weighted by atomic mass is 9.86. The summed E-state index contributed by atoms with van der Waals surface area (Å²) in [6, 6.07) is 12.8. The van der Waals surface area contributed by atoms with Gasteiger partial charge in [-0.25, -0.2) is 4.39 Å². The number of carbonyl (C=O) groups excluding carboxylic acids is 1. The Hall–Kier alpha value is -2.42. The van der Waals surface area contributed by atoms with Crippen LogP contribution in [0.25, 0.3) is 22.2 Å². The minimum atomic E-state index is -0.349. The summed E-state index contributed by atoms with van der Waals surface area (Å²) in [6.45, 7) is 6.45. The van der Waals surface area contributed by atoms with Gasteiger partial charge >= 0.3 is 0 Å². The number of rotatable bonds is 2. The first-order valence-electron chi connectivity index (χ1n) is 7.28. The fourth-order valence-electron chi connectivity index (χ4n) is 2.69. The van der Waals surface area contributed by atoms with Crippen LogP contribution in [0.15, 0.2) is 42.5 Å². The maximum atomic E-state index is 13.9. The van der Waals surface area contributed by atoms with Gasteiger partial charge in [0.25, 0.3) is 0 Å². The highest BCUT2D eigenvalue weighted by Gasteiger charge is 2.17. The summed E-state index contributed by atoms with van der Waals surface area (Å²) < 4.78 is 13.9. The van der Waals surface area contributed by atoms with Crippen LogP contribution in [0.4, 0.5) is 4.39 Å². The van der Waals surface area contributed by atoms with Crippen LogP contribution in [0.1, 0.15) is 36.7 Å². The SMILES string of the molecule is CC(C)(C)c1ccc(-c2[nH]c3c(F)cccc3c2C=O)cc1. The molecular weight excluding hydrogens is 277 g/mol. The van der Waals surface area contributed by atoms with E-state index >= 15 is 0 Å². The molecule has 1 aromatic heterocycles. The summed E-state index contributed by atoms with van der Waals surface area (Å²) in [4.78, 5) is 14.5. The summed E-state index contributed by atoms with van der Waals surface area (Å²) in [5, 5.41) is 0.616. The van der Waals surface area contributed by atoms with E-state index in [9.17, 15) is 9.18 Å². The Balaban J connectivity index is 2.18. The Morgan fingerprint density at radius 3 is 2.32 bits per heavy atom. The zero-order chi connectivity index (χ0) is 15.9. The molecule has 0 saturated heterocycles. The molecule has 2 nitrogen and oxygen atoms in total. The molecule has 0 amide bonds. The van der Waals surface area contributed by atoms with Gasteiger partial charge in [-0.05, 0) is 22.6 Å². The van der Waals surface area contributed by atoms with Crippen LogP contribution in [-0.2, 0) is 5.41 Å². The van der Waals surface area contributed by atoms with Crippen LogP contribution in [0.2, 0.25) is 0 Å². The molecule has 2 aromatic carbocycles. The predicted octanol–water partition coefficient (Wildman–Crippen LogP) is 5.08. The molecule has 0 unspecified atom stereocenters. The number of hydrogen-bond acceptors (Lipinski definition) is 1. The topological polar surface area (TPSA) is 32.9 Å². The van der Waals surface area contributed by atoms with Crippen molar-refractivity contribution in [1.29, 1.82) is 0 Å². The quantitative estimate of drug-likeness (QED) is 0.657. The molecule has 22 heavy (non-hydrogen) atoms. The number of H-pyrrole nitrogens is 1. The average molecular weight is 295 g/mol. The van der Waals surface area contributed by atoms with E-state index in [0.717, 1.165) is 11.8 Å². The van der Waals surface area contributed by atoms with Gasteiger partial charge in [-0.15, -0.1) is 0 Å². The van der Waals surface area contributed by atoms with Crippen molar-refractivity contribution in [1.82, 2.24) is 4.98 Å². The first-order valence-corrected chi connectivity index (χ1v) is 7.28. The van der Waals surface area contributed by atoms with Crippen LogP contribution in [0.5, 0.6) is 0 Å². The second-order valence-electron chi connectivity index (χ2n) is 6.52. The third-order valence-electron chi connectivity index (χ3n) is 3.98. The van der Waals surface area contributed by atoms with Crippen molar-refractivity contribution in [2.24, 2.45) is 0 Å². The number of aldehydes is 1. The van der Waals surface area contributed by atoms with Gasteiger partial charge in [-0.3, -0.25) is 4.79 Å². The number of carbonyl (C=O) groups is 1. The van der Waals surface area contributed by atoms with E-state index in [0.29, 0.717) is 22.2 Å². The molecule has 0 aliphatic heterocycles. The number of aromatic nitrogens is 1. The van der Waals surface area contributed by atoms with Crippen LogP contribution in [-0.4, -0.2) is 11.3 Å². The van der Waals surface area contributed by atoms with Crippen molar-refractivity contribution in [2.75, 3.05) is 0 Å². The lowest BCUT2D eigenvalue weighted by molar-refractivity contribution is 0.112. The fourth-order valence-corrected chi connectivity index (χ4v) is 2.69. The number of hydrogen-bond donors (Lipinski definition) is 1. The Morgan fingerprint density at radius 1 is 1.05 bits per heavy atom. The highest BCUT2D eigenvalue weighted by atomic mass is 19.1. The number of benzene rings is 2. The minimum Gasteiger partial charge on any atom is -0.352 e. The van der Waals surface area contributed by atoms with Crippen molar-refractivity contribution in [2.45, 2.75) is 26.2 Å². The number of nitrogens with one attached hydrogen (secondary N) is 1. The van der Waals surface area contributed by atoms with E-state index in [-0.39, 0.29) is 11.2 Å². The lowest BCUT2D eigenvalue weighted by Gasteiger charge is -2.19. The normalized spacial score (nSPS) is 11.8. The number of aromatic amines is 1. The Kier molecular flexibility index (Phi) is 3.36. The first kappa shape index (κ1) is 14.5. The summed E-state index contributed by atoms with van der Waals surface area (Å²) in [7, 11) is 0. The fraction of sp³-hybridized carbons (Fsp3) is 0.211. The number of fused-ring (bicyclic) bond motifs is 1. The maximum absolute atomic E-state index is 13.9. The van der Waals surface area contributed by atoms with Gasteiger partial charge in [0, 0.05) is 10.9 Å². The summed E-state index contributed by atoms with van der Waals surface area (Å²) >= 11 is 0.